The topological polar surface area (TPSA) is 68.5 Å². The zero-order chi connectivity index (χ0) is 16.2. The minimum Gasteiger partial charge on any atom is -0.449 e. The zero-order valence-corrected chi connectivity index (χ0v) is 11.4. The Kier molecular flexibility index (Phi) is 3.28. The van der Waals surface area contributed by atoms with E-state index in [0.717, 1.165) is 10.8 Å². The van der Waals surface area contributed by atoms with Crippen molar-refractivity contribution in [3.63, 3.8) is 0 Å². The Hall–Kier alpha value is -2.22. The number of hydrogen-bond acceptors (Lipinski definition) is 3. The molecule has 0 radical (unpaired) electrons. The quantitative estimate of drug-likeness (QED) is 0.676. The smallest absolute Gasteiger partial charge is 0.449 e. The largest absolute Gasteiger partial charge is 0.511 e. The molecule has 1 aliphatic carbocycles. The molecule has 116 valence electrons. The van der Waals surface area contributed by atoms with Crippen LogP contribution in [0.1, 0.15) is 12.5 Å². The van der Waals surface area contributed by atoms with Gasteiger partial charge < -0.3 is 14.4 Å². The molecular weight excluding hydrogens is 327 g/mol. The summed E-state index contributed by atoms with van der Waals surface area (Å²) < 4.78 is 45.8. The van der Waals surface area contributed by atoms with Crippen molar-refractivity contribution >= 4 is 28.7 Å². The summed E-state index contributed by atoms with van der Waals surface area (Å²) in [6, 6.07) is -0.165. The predicted molar refractivity (Wildman–Crippen MR) is 70.3 cm³/mol. The third kappa shape index (κ3) is 2.19. The van der Waals surface area contributed by atoms with E-state index in [4.69, 9.17) is 16.7 Å². The summed E-state index contributed by atoms with van der Waals surface area (Å²) in [7, 11) is 0. The van der Waals surface area contributed by atoms with Gasteiger partial charge in [0.1, 0.15) is 11.2 Å². The highest BCUT2D eigenvalue weighted by molar-refractivity contribution is 6.35. The molecule has 2 atom stereocenters. The number of aromatic nitrogens is 1. The molecule has 0 bridgehead atoms. The first-order valence-electron chi connectivity index (χ1n) is 6.08. The number of rotatable bonds is 2. The normalized spacial score (nSPS) is 20.2. The van der Waals surface area contributed by atoms with Crippen molar-refractivity contribution in [2.45, 2.75) is 18.6 Å². The standard InChI is InChI=1S/C13H7ClF3NO4/c14-9-10(17)6(16)1-4-11(9)18(7-2-5(7)15)3-8(12(4)19)22-13(20)21/h1,3,5,7H,2H2,(H,20,21)/t5-,7+/m1/s1. The lowest BCUT2D eigenvalue weighted by Gasteiger charge is -2.14. The summed E-state index contributed by atoms with van der Waals surface area (Å²) >= 11 is 5.73. The lowest BCUT2D eigenvalue weighted by molar-refractivity contribution is 0.143. The van der Waals surface area contributed by atoms with Gasteiger partial charge in [0.25, 0.3) is 0 Å². The number of carbonyl (C=O) groups is 1. The Morgan fingerprint density at radius 3 is 2.64 bits per heavy atom. The Morgan fingerprint density at radius 2 is 2.09 bits per heavy atom. The van der Waals surface area contributed by atoms with E-state index in [1.54, 1.807) is 0 Å². The van der Waals surface area contributed by atoms with E-state index in [9.17, 15) is 22.8 Å². The van der Waals surface area contributed by atoms with E-state index in [2.05, 4.69) is 4.74 Å². The summed E-state index contributed by atoms with van der Waals surface area (Å²) in [6.45, 7) is 0. The minimum atomic E-state index is -1.76. The molecule has 0 amide bonds. The SMILES string of the molecule is O=C(O)Oc1cn([C@H]2C[C@H]2F)c2c(Cl)c(F)c(F)cc2c1=O. The maximum Gasteiger partial charge on any atom is 0.511 e. The second-order valence-corrected chi connectivity index (χ2v) is 5.18. The summed E-state index contributed by atoms with van der Waals surface area (Å²) in [4.78, 5) is 22.7. The van der Waals surface area contributed by atoms with Crippen LogP contribution in [0.4, 0.5) is 18.0 Å². The van der Waals surface area contributed by atoms with Gasteiger partial charge in [-0.3, -0.25) is 4.79 Å². The molecule has 2 aromatic rings. The van der Waals surface area contributed by atoms with Crippen LogP contribution in [0.15, 0.2) is 17.1 Å². The number of fused-ring (bicyclic) bond motifs is 1. The molecule has 0 unspecified atom stereocenters. The summed E-state index contributed by atoms with van der Waals surface area (Å²) in [5.41, 5.74) is -1.18. The number of hydrogen-bond donors (Lipinski definition) is 1. The molecule has 5 nitrogen and oxygen atoms in total. The third-order valence-corrected chi connectivity index (χ3v) is 3.70. The van der Waals surface area contributed by atoms with Crippen molar-refractivity contribution in [2.75, 3.05) is 0 Å². The molecule has 1 aromatic heterocycles. The van der Waals surface area contributed by atoms with Gasteiger partial charge in [-0.25, -0.2) is 18.0 Å². The summed E-state index contributed by atoms with van der Waals surface area (Å²) in [5.74, 6) is -3.38. The van der Waals surface area contributed by atoms with Crippen LogP contribution in [-0.2, 0) is 0 Å². The highest BCUT2D eigenvalue weighted by atomic mass is 35.5. The van der Waals surface area contributed by atoms with Crippen LogP contribution in [0.3, 0.4) is 0 Å². The molecule has 0 aliphatic heterocycles. The van der Waals surface area contributed by atoms with E-state index in [1.807, 2.05) is 0 Å². The van der Waals surface area contributed by atoms with Gasteiger partial charge in [-0.2, -0.15) is 0 Å². The van der Waals surface area contributed by atoms with Crippen LogP contribution >= 0.6 is 11.6 Å². The Morgan fingerprint density at radius 1 is 1.45 bits per heavy atom. The van der Waals surface area contributed by atoms with Crippen molar-refractivity contribution < 1.29 is 27.8 Å². The van der Waals surface area contributed by atoms with Crippen LogP contribution in [-0.4, -0.2) is 22.0 Å². The number of alkyl halides is 1. The predicted octanol–water partition coefficient (Wildman–Crippen LogP) is 3.27. The Labute approximate surface area is 125 Å². The molecule has 1 aromatic carbocycles. The molecule has 1 N–H and O–H groups in total. The number of ether oxygens (including phenoxy) is 1. The molecule has 3 rings (SSSR count). The average Bonchev–Trinajstić information content (AvgIpc) is 3.16. The zero-order valence-electron chi connectivity index (χ0n) is 10.6. The van der Waals surface area contributed by atoms with Gasteiger partial charge in [-0.05, 0) is 6.07 Å². The van der Waals surface area contributed by atoms with E-state index >= 15 is 0 Å². The van der Waals surface area contributed by atoms with Gasteiger partial charge in [-0.1, -0.05) is 11.6 Å². The van der Waals surface area contributed by atoms with Crippen molar-refractivity contribution in [2.24, 2.45) is 0 Å². The molecule has 0 saturated heterocycles. The van der Waals surface area contributed by atoms with E-state index < -0.39 is 46.2 Å². The molecule has 1 aliphatic rings. The molecule has 1 heterocycles. The third-order valence-electron chi connectivity index (χ3n) is 3.36. The number of halogens is 4. The summed E-state index contributed by atoms with van der Waals surface area (Å²) in [6.07, 6.45) is -2.00. The summed E-state index contributed by atoms with van der Waals surface area (Å²) in [5, 5.41) is 7.55. The average molecular weight is 334 g/mol. The molecule has 9 heteroatoms. The Balaban J connectivity index is 2.39. The van der Waals surface area contributed by atoms with Gasteiger partial charge in [-0.15, -0.1) is 0 Å². The van der Waals surface area contributed by atoms with Gasteiger partial charge in [0, 0.05) is 6.42 Å². The van der Waals surface area contributed by atoms with Crippen molar-refractivity contribution in [1.29, 1.82) is 0 Å². The van der Waals surface area contributed by atoms with E-state index in [-0.39, 0.29) is 17.3 Å². The maximum atomic E-state index is 13.6. The molecular formula is C13H7ClF3NO4. The first-order chi connectivity index (χ1) is 10.3. The van der Waals surface area contributed by atoms with Gasteiger partial charge >= 0.3 is 6.16 Å². The molecule has 1 saturated carbocycles. The fraction of sp³-hybridized carbons (Fsp3) is 0.231. The van der Waals surface area contributed by atoms with E-state index in [1.165, 1.54) is 0 Å². The van der Waals surface area contributed by atoms with Gasteiger partial charge in [0.2, 0.25) is 5.43 Å². The second kappa shape index (κ2) is 4.91. The fourth-order valence-electron chi connectivity index (χ4n) is 2.26. The van der Waals surface area contributed by atoms with Gasteiger partial charge in [0.15, 0.2) is 17.4 Å². The monoisotopic (exact) mass is 333 g/mol. The van der Waals surface area contributed by atoms with Crippen LogP contribution in [0.5, 0.6) is 5.75 Å². The highest BCUT2D eigenvalue weighted by Gasteiger charge is 2.40. The van der Waals surface area contributed by atoms with Crippen LogP contribution in [0, 0.1) is 11.6 Å². The van der Waals surface area contributed by atoms with Crippen LogP contribution in [0.25, 0.3) is 10.9 Å². The van der Waals surface area contributed by atoms with Crippen LogP contribution in [0.2, 0.25) is 5.02 Å². The molecule has 22 heavy (non-hydrogen) atoms. The van der Waals surface area contributed by atoms with Crippen LogP contribution < -0.4 is 10.2 Å². The molecule has 1 fully saturated rings. The number of benzene rings is 1. The number of carboxylic acid groups (broad SMARTS) is 1. The fourth-order valence-corrected chi connectivity index (χ4v) is 2.55. The first-order valence-corrected chi connectivity index (χ1v) is 6.46. The molecule has 0 spiro atoms. The van der Waals surface area contributed by atoms with Crippen molar-refractivity contribution in [3.05, 3.63) is 39.1 Å². The van der Waals surface area contributed by atoms with Gasteiger partial charge in [0.05, 0.1) is 23.1 Å². The van der Waals surface area contributed by atoms with Crippen molar-refractivity contribution in [1.82, 2.24) is 4.57 Å². The number of pyridine rings is 1. The van der Waals surface area contributed by atoms with Crippen molar-refractivity contribution in [3.8, 4) is 5.75 Å². The second-order valence-electron chi connectivity index (χ2n) is 4.80. The Bertz CT molecular complexity index is 867. The maximum absolute atomic E-state index is 13.6. The first kappa shape index (κ1) is 14.7. The number of nitrogens with zero attached hydrogens (tertiary/aromatic N) is 1. The minimum absolute atomic E-state index is 0.0831. The lowest BCUT2D eigenvalue weighted by atomic mass is 10.1. The highest BCUT2D eigenvalue weighted by Crippen LogP contribution is 2.42. The van der Waals surface area contributed by atoms with E-state index in [0.29, 0.717) is 6.07 Å². The lowest BCUT2D eigenvalue weighted by Crippen LogP contribution is -2.17.